The quantitative estimate of drug-likeness (QED) is 0.172. The Kier molecular flexibility index (Phi) is 6.94. The number of benzene rings is 5. The molecule has 59 heavy (non-hydrogen) atoms. The summed E-state index contributed by atoms with van der Waals surface area (Å²) < 4.78 is 0. The molecule has 5 aromatic carbocycles. The van der Waals surface area contributed by atoms with Gasteiger partial charge < -0.3 is 4.90 Å². The Bertz CT molecular complexity index is 2380. The average Bonchev–Trinajstić information content (AvgIpc) is 3.89. The summed E-state index contributed by atoms with van der Waals surface area (Å²) in [5, 5.41) is 0. The predicted octanol–water partition coefficient (Wildman–Crippen LogP) is 15.2. The molecular weight excluding hydrogens is 711 g/mol. The SMILES string of the molecule is CC1(C)c2cc(N(c3ccc(C45CC6CC(CC(C6)C4)C5)cc3)c3ccc(C45CC6CC(CC(C6)C4)C5)cc3)ccc2-c2cc3c(cc21)-c1ccccc1C31CCCC1. The fraction of sp³-hybridized carbons (Fsp3) is 0.483. The normalized spacial score (nSPS) is 33.9. The average molecular weight is 772 g/mol. The van der Waals surface area contributed by atoms with Crippen LogP contribution in [0.2, 0.25) is 0 Å². The maximum absolute atomic E-state index is 2.66. The number of fused-ring (bicyclic) bond motifs is 8. The fourth-order valence-electron chi connectivity index (χ4n) is 17.6. The van der Waals surface area contributed by atoms with Crippen LogP contribution in [0.3, 0.4) is 0 Å². The summed E-state index contributed by atoms with van der Waals surface area (Å²) in [6.45, 7) is 4.98. The van der Waals surface area contributed by atoms with E-state index in [4.69, 9.17) is 0 Å². The second-order valence-corrected chi connectivity index (χ2v) is 23.0. The van der Waals surface area contributed by atoms with Crippen LogP contribution in [0.5, 0.6) is 0 Å². The van der Waals surface area contributed by atoms with Crippen molar-refractivity contribution in [2.45, 2.75) is 138 Å². The van der Waals surface area contributed by atoms with Gasteiger partial charge in [-0.25, -0.2) is 0 Å². The molecule has 0 radical (unpaired) electrons. The molecule has 0 saturated heterocycles. The Morgan fingerprint density at radius 2 is 0.831 bits per heavy atom. The number of nitrogens with zero attached hydrogens (tertiary/aromatic N) is 1. The van der Waals surface area contributed by atoms with Crippen molar-refractivity contribution in [3.8, 4) is 22.3 Å². The van der Waals surface area contributed by atoms with Gasteiger partial charge in [-0.05, 0) is 240 Å². The zero-order chi connectivity index (χ0) is 38.9. The second kappa shape index (κ2) is 11.8. The summed E-state index contributed by atoms with van der Waals surface area (Å²) in [6, 6.07) is 42.4. The van der Waals surface area contributed by atoms with Crippen LogP contribution < -0.4 is 4.90 Å². The highest BCUT2D eigenvalue weighted by atomic mass is 15.1. The third kappa shape index (κ3) is 4.75. The van der Waals surface area contributed by atoms with Crippen molar-refractivity contribution in [2.75, 3.05) is 4.90 Å². The lowest BCUT2D eigenvalue weighted by atomic mass is 9.48. The van der Waals surface area contributed by atoms with Crippen molar-refractivity contribution in [2.24, 2.45) is 35.5 Å². The Morgan fingerprint density at radius 1 is 0.407 bits per heavy atom. The van der Waals surface area contributed by atoms with Crippen LogP contribution in [-0.4, -0.2) is 0 Å². The van der Waals surface area contributed by atoms with E-state index in [0.29, 0.717) is 10.8 Å². The fourth-order valence-corrected chi connectivity index (χ4v) is 17.6. The molecule has 0 heterocycles. The number of hydrogen-bond donors (Lipinski definition) is 0. The first-order chi connectivity index (χ1) is 28.8. The van der Waals surface area contributed by atoms with Gasteiger partial charge in [-0.2, -0.15) is 0 Å². The van der Waals surface area contributed by atoms with Crippen LogP contribution in [0.1, 0.15) is 150 Å². The Labute approximate surface area is 353 Å². The molecule has 1 spiro atoms. The zero-order valence-electron chi connectivity index (χ0n) is 35.5. The highest BCUT2D eigenvalue weighted by Crippen LogP contribution is 2.64. The van der Waals surface area contributed by atoms with E-state index in [1.54, 1.807) is 22.3 Å². The molecule has 0 atom stereocenters. The summed E-state index contributed by atoms with van der Waals surface area (Å²) in [6.07, 6.45) is 22.8. The minimum Gasteiger partial charge on any atom is -0.310 e. The molecule has 0 aliphatic heterocycles. The molecule has 8 bridgehead atoms. The standard InChI is InChI=1S/C58H61N/c1-55(2)52-27-46(17-18-48(52)49-29-54-50(28-53(49)55)47-7-3-4-8-51(47)58(54)19-5-6-20-58)59(44-13-9-42(10-14-44)56-30-36-21-37(31-56)23-38(22-36)32-56)45-15-11-43(12-16-45)57-33-39-24-40(34-57)26-41(25-39)35-57/h3-4,7-18,27-29,36-41H,5-6,19-26,30-35H2,1-2H3. The summed E-state index contributed by atoms with van der Waals surface area (Å²) in [5.41, 5.74) is 20.1. The van der Waals surface area contributed by atoms with Crippen molar-refractivity contribution in [3.63, 3.8) is 0 Å². The predicted molar refractivity (Wildman–Crippen MR) is 243 cm³/mol. The number of anilines is 3. The van der Waals surface area contributed by atoms with Crippen LogP contribution in [0, 0.1) is 35.5 Å². The third-order valence-corrected chi connectivity index (χ3v) is 19.3. The maximum atomic E-state index is 2.66. The van der Waals surface area contributed by atoms with Crippen LogP contribution in [0.15, 0.2) is 103 Å². The van der Waals surface area contributed by atoms with Crippen molar-refractivity contribution in [1.29, 1.82) is 0 Å². The molecule has 298 valence electrons. The van der Waals surface area contributed by atoms with E-state index >= 15 is 0 Å². The Hall–Kier alpha value is -4.10. The van der Waals surface area contributed by atoms with Gasteiger partial charge in [0, 0.05) is 27.9 Å². The third-order valence-electron chi connectivity index (χ3n) is 19.3. The number of hydrogen-bond acceptors (Lipinski definition) is 1. The van der Waals surface area contributed by atoms with E-state index in [1.807, 2.05) is 0 Å². The summed E-state index contributed by atoms with van der Waals surface area (Å²) in [7, 11) is 0. The van der Waals surface area contributed by atoms with Gasteiger partial charge in [-0.1, -0.05) is 81.3 Å². The van der Waals surface area contributed by atoms with Crippen molar-refractivity contribution >= 4 is 17.1 Å². The summed E-state index contributed by atoms with van der Waals surface area (Å²) in [5.74, 6) is 5.77. The molecule has 9 saturated carbocycles. The van der Waals surface area contributed by atoms with Crippen LogP contribution in [0.25, 0.3) is 22.3 Å². The molecule has 0 amide bonds. The number of rotatable bonds is 5. The first-order valence-electron chi connectivity index (χ1n) is 24.2. The summed E-state index contributed by atoms with van der Waals surface area (Å²) >= 11 is 0. The zero-order valence-corrected chi connectivity index (χ0v) is 35.5. The molecule has 1 nitrogen and oxygen atoms in total. The highest BCUT2D eigenvalue weighted by Gasteiger charge is 2.53. The minimum absolute atomic E-state index is 0.0908. The lowest BCUT2D eigenvalue weighted by Gasteiger charge is -2.57. The smallest absolute Gasteiger partial charge is 0.0465 e. The van der Waals surface area contributed by atoms with E-state index in [9.17, 15) is 0 Å². The molecule has 11 aliphatic rings. The molecule has 1 heteroatoms. The van der Waals surface area contributed by atoms with Crippen LogP contribution in [0.4, 0.5) is 17.1 Å². The monoisotopic (exact) mass is 771 g/mol. The lowest BCUT2D eigenvalue weighted by Crippen LogP contribution is -2.48. The van der Waals surface area contributed by atoms with Gasteiger partial charge in [0.15, 0.2) is 0 Å². The molecule has 0 aromatic heterocycles. The topological polar surface area (TPSA) is 3.24 Å². The van der Waals surface area contributed by atoms with Gasteiger partial charge >= 0.3 is 0 Å². The van der Waals surface area contributed by atoms with Crippen molar-refractivity contribution < 1.29 is 0 Å². The Morgan fingerprint density at radius 3 is 1.36 bits per heavy atom. The second-order valence-electron chi connectivity index (χ2n) is 23.0. The minimum atomic E-state index is -0.0908. The van der Waals surface area contributed by atoms with Gasteiger partial charge in [-0.3, -0.25) is 0 Å². The lowest BCUT2D eigenvalue weighted by molar-refractivity contribution is -0.00529. The molecular formula is C58H61N. The van der Waals surface area contributed by atoms with E-state index in [1.165, 1.54) is 153 Å². The van der Waals surface area contributed by atoms with Gasteiger partial charge in [0.2, 0.25) is 0 Å². The molecule has 0 N–H and O–H groups in total. The van der Waals surface area contributed by atoms with Crippen LogP contribution >= 0.6 is 0 Å². The maximum Gasteiger partial charge on any atom is 0.0465 e. The Balaban J connectivity index is 0.872. The van der Waals surface area contributed by atoms with E-state index in [0.717, 1.165) is 35.5 Å². The van der Waals surface area contributed by atoms with Gasteiger partial charge in [0.25, 0.3) is 0 Å². The van der Waals surface area contributed by atoms with Crippen LogP contribution in [-0.2, 0) is 21.7 Å². The van der Waals surface area contributed by atoms with E-state index < -0.39 is 0 Å². The molecule has 9 fully saturated rings. The summed E-state index contributed by atoms with van der Waals surface area (Å²) in [4.78, 5) is 2.61. The molecule has 11 aliphatic carbocycles. The van der Waals surface area contributed by atoms with Gasteiger partial charge in [0.1, 0.15) is 0 Å². The molecule has 16 rings (SSSR count). The molecule has 0 unspecified atom stereocenters. The van der Waals surface area contributed by atoms with Crippen molar-refractivity contribution in [3.05, 3.63) is 137 Å². The van der Waals surface area contributed by atoms with E-state index in [2.05, 4.69) is 122 Å². The van der Waals surface area contributed by atoms with Crippen molar-refractivity contribution in [1.82, 2.24) is 0 Å². The largest absolute Gasteiger partial charge is 0.310 e. The van der Waals surface area contributed by atoms with Gasteiger partial charge in [0.05, 0.1) is 0 Å². The first kappa shape index (κ1) is 34.6. The van der Waals surface area contributed by atoms with Gasteiger partial charge in [-0.15, -0.1) is 0 Å². The van der Waals surface area contributed by atoms with E-state index in [-0.39, 0.29) is 10.8 Å². The first-order valence-corrected chi connectivity index (χ1v) is 24.2. The highest BCUT2D eigenvalue weighted by molar-refractivity contribution is 5.91. The molecule has 5 aromatic rings.